The number of fused-ring (bicyclic) bond motifs is 1. The van der Waals surface area contributed by atoms with Gasteiger partial charge < -0.3 is 0 Å². The molecule has 0 aliphatic heterocycles. The predicted molar refractivity (Wildman–Crippen MR) is 84.2 cm³/mol. The zero-order chi connectivity index (χ0) is 12.5. The van der Waals surface area contributed by atoms with E-state index >= 15 is 0 Å². The van der Waals surface area contributed by atoms with E-state index in [1.54, 1.807) is 0 Å². The summed E-state index contributed by atoms with van der Waals surface area (Å²) in [5, 5.41) is 1.67. The van der Waals surface area contributed by atoms with Gasteiger partial charge in [0.25, 0.3) is 0 Å². The van der Waals surface area contributed by atoms with Gasteiger partial charge in [-0.25, -0.2) is 4.98 Å². The molecule has 1 heterocycles. The van der Waals surface area contributed by atoms with Crippen LogP contribution in [0.3, 0.4) is 0 Å². The molecule has 0 bridgehead atoms. The lowest BCUT2D eigenvalue weighted by Crippen LogP contribution is -1.88. The molecule has 0 aliphatic carbocycles. The van der Waals surface area contributed by atoms with Gasteiger partial charge in [-0.05, 0) is 35.7 Å². The van der Waals surface area contributed by atoms with Crippen LogP contribution >= 0.6 is 24.0 Å². The molecule has 0 saturated carbocycles. The van der Waals surface area contributed by atoms with Crippen molar-refractivity contribution in [2.45, 2.75) is 6.92 Å². The highest BCUT2D eigenvalue weighted by Crippen LogP contribution is 2.31. The average Bonchev–Trinajstić information content (AvgIpc) is 2.38. The third-order valence-corrected chi connectivity index (χ3v) is 3.31. The van der Waals surface area contributed by atoms with E-state index in [0.717, 1.165) is 16.5 Å². The van der Waals surface area contributed by atoms with Crippen molar-refractivity contribution in [1.29, 1.82) is 0 Å². The van der Waals surface area contributed by atoms with E-state index in [1.807, 2.05) is 36.4 Å². The minimum atomic E-state index is 0. The molecule has 1 nitrogen and oxygen atoms in total. The largest absolute Gasteiger partial charge is 0.236 e. The van der Waals surface area contributed by atoms with Gasteiger partial charge in [-0.3, -0.25) is 0 Å². The van der Waals surface area contributed by atoms with Gasteiger partial charge in [0, 0.05) is 5.39 Å². The Morgan fingerprint density at radius 3 is 2.37 bits per heavy atom. The number of aryl methyl sites for hydroxylation is 1. The van der Waals surface area contributed by atoms with Crippen LogP contribution in [0.15, 0.2) is 54.6 Å². The molecule has 2 aromatic carbocycles. The Hall–Kier alpha value is -1.57. The van der Waals surface area contributed by atoms with Crippen molar-refractivity contribution in [2.24, 2.45) is 0 Å². The third kappa shape index (κ3) is 2.58. The Labute approximate surface area is 123 Å². The van der Waals surface area contributed by atoms with Crippen LogP contribution < -0.4 is 0 Å². The van der Waals surface area contributed by atoms with Crippen LogP contribution in [0.25, 0.3) is 22.0 Å². The van der Waals surface area contributed by atoms with Gasteiger partial charge >= 0.3 is 0 Å². The second-order valence-electron chi connectivity index (χ2n) is 4.32. The topological polar surface area (TPSA) is 12.9 Å². The summed E-state index contributed by atoms with van der Waals surface area (Å²) in [6.45, 7) is 2.11. The number of para-hydroxylation sites is 1. The zero-order valence-corrected chi connectivity index (χ0v) is 12.0. The summed E-state index contributed by atoms with van der Waals surface area (Å²) >= 11 is 6.11. The fourth-order valence-electron chi connectivity index (χ4n) is 2.24. The van der Waals surface area contributed by atoms with E-state index < -0.39 is 0 Å². The zero-order valence-electron chi connectivity index (χ0n) is 10.4. The summed E-state index contributed by atoms with van der Waals surface area (Å²) in [5.41, 5.74) is 4.52. The quantitative estimate of drug-likeness (QED) is 0.555. The average molecular weight is 290 g/mol. The van der Waals surface area contributed by atoms with Crippen molar-refractivity contribution in [3.63, 3.8) is 0 Å². The van der Waals surface area contributed by atoms with E-state index in [-0.39, 0.29) is 12.4 Å². The first kappa shape index (κ1) is 13.9. The van der Waals surface area contributed by atoms with Gasteiger partial charge in [-0.1, -0.05) is 54.1 Å². The summed E-state index contributed by atoms with van der Waals surface area (Å²) in [6.07, 6.45) is 0. The molecular weight excluding hydrogens is 277 g/mol. The Kier molecular flexibility index (Phi) is 4.08. The lowest BCUT2D eigenvalue weighted by Gasteiger charge is -2.09. The van der Waals surface area contributed by atoms with Crippen LogP contribution in [0.4, 0.5) is 0 Å². The fourth-order valence-corrected chi connectivity index (χ4v) is 2.44. The van der Waals surface area contributed by atoms with Crippen LogP contribution in [0.1, 0.15) is 5.56 Å². The monoisotopic (exact) mass is 289 g/mol. The molecule has 19 heavy (non-hydrogen) atoms. The second-order valence-corrected chi connectivity index (χ2v) is 4.71. The van der Waals surface area contributed by atoms with Crippen LogP contribution in [-0.2, 0) is 0 Å². The van der Waals surface area contributed by atoms with Crippen molar-refractivity contribution in [2.75, 3.05) is 0 Å². The highest BCUT2D eigenvalue weighted by molar-refractivity contribution is 6.30. The van der Waals surface area contributed by atoms with Crippen LogP contribution in [-0.4, -0.2) is 4.98 Å². The molecule has 3 aromatic rings. The number of hydrogen-bond donors (Lipinski definition) is 0. The summed E-state index contributed by atoms with van der Waals surface area (Å²) in [4.78, 5) is 4.36. The van der Waals surface area contributed by atoms with Gasteiger partial charge in [0.15, 0.2) is 0 Å². The first-order valence-corrected chi connectivity index (χ1v) is 6.25. The van der Waals surface area contributed by atoms with Gasteiger partial charge in [0.1, 0.15) is 5.15 Å². The Morgan fingerprint density at radius 1 is 0.895 bits per heavy atom. The lowest BCUT2D eigenvalue weighted by molar-refractivity contribution is 1.40. The lowest BCUT2D eigenvalue weighted by atomic mass is 9.97. The number of rotatable bonds is 1. The van der Waals surface area contributed by atoms with Gasteiger partial charge in [-0.15, -0.1) is 12.4 Å². The molecule has 0 fully saturated rings. The molecule has 0 spiro atoms. The van der Waals surface area contributed by atoms with Crippen LogP contribution in [0.5, 0.6) is 0 Å². The SMILES string of the molecule is Cc1ccccc1-c1cc(Cl)nc2ccccc12.Cl. The molecule has 96 valence electrons. The van der Waals surface area contributed by atoms with E-state index in [4.69, 9.17) is 11.6 Å². The minimum Gasteiger partial charge on any atom is -0.236 e. The van der Waals surface area contributed by atoms with Gasteiger partial charge in [-0.2, -0.15) is 0 Å². The van der Waals surface area contributed by atoms with Gasteiger partial charge in [0.2, 0.25) is 0 Å². The van der Waals surface area contributed by atoms with Crippen molar-refractivity contribution in [3.05, 3.63) is 65.3 Å². The molecule has 3 heteroatoms. The van der Waals surface area contributed by atoms with E-state index in [0.29, 0.717) is 5.15 Å². The molecule has 0 saturated heterocycles. The number of nitrogens with zero attached hydrogens (tertiary/aromatic N) is 1. The number of benzene rings is 2. The number of halogens is 2. The number of pyridine rings is 1. The Bertz CT molecular complexity index is 723. The predicted octanol–water partition coefficient (Wildman–Crippen LogP) is 5.29. The fraction of sp³-hybridized carbons (Fsp3) is 0.0625. The maximum atomic E-state index is 6.11. The second kappa shape index (κ2) is 5.60. The molecule has 0 atom stereocenters. The van der Waals surface area contributed by atoms with E-state index in [2.05, 4.69) is 30.1 Å². The first-order valence-electron chi connectivity index (χ1n) is 5.87. The molecule has 1 aromatic heterocycles. The smallest absolute Gasteiger partial charge is 0.130 e. The maximum Gasteiger partial charge on any atom is 0.130 e. The summed E-state index contributed by atoms with van der Waals surface area (Å²) in [6, 6.07) is 18.3. The van der Waals surface area contributed by atoms with Crippen molar-refractivity contribution < 1.29 is 0 Å². The van der Waals surface area contributed by atoms with E-state index in [1.165, 1.54) is 11.1 Å². The van der Waals surface area contributed by atoms with Crippen molar-refractivity contribution in [1.82, 2.24) is 4.98 Å². The molecule has 0 aliphatic rings. The maximum absolute atomic E-state index is 6.11. The Balaban J connectivity index is 0.00000133. The highest BCUT2D eigenvalue weighted by atomic mass is 35.5. The number of aromatic nitrogens is 1. The summed E-state index contributed by atoms with van der Waals surface area (Å²) in [7, 11) is 0. The molecule has 0 amide bonds. The molecular formula is C16H13Cl2N. The molecule has 3 rings (SSSR count). The van der Waals surface area contributed by atoms with Gasteiger partial charge in [0.05, 0.1) is 5.52 Å². The summed E-state index contributed by atoms with van der Waals surface area (Å²) < 4.78 is 0. The van der Waals surface area contributed by atoms with Crippen LogP contribution in [0, 0.1) is 6.92 Å². The minimum absolute atomic E-state index is 0. The first-order chi connectivity index (χ1) is 8.75. The molecule has 0 unspecified atom stereocenters. The van der Waals surface area contributed by atoms with Crippen LogP contribution in [0.2, 0.25) is 5.15 Å². The standard InChI is InChI=1S/C16H12ClN.ClH/c1-11-6-2-3-7-12(11)14-10-16(17)18-15-9-5-4-8-13(14)15;/h2-10H,1H3;1H. The molecule has 0 radical (unpaired) electrons. The Morgan fingerprint density at radius 2 is 1.58 bits per heavy atom. The molecule has 0 N–H and O–H groups in total. The normalized spacial score (nSPS) is 10.2. The number of hydrogen-bond acceptors (Lipinski definition) is 1. The van der Waals surface area contributed by atoms with Crippen molar-refractivity contribution >= 4 is 34.9 Å². The van der Waals surface area contributed by atoms with E-state index in [9.17, 15) is 0 Å². The highest BCUT2D eigenvalue weighted by Gasteiger charge is 2.08. The third-order valence-electron chi connectivity index (χ3n) is 3.12. The van der Waals surface area contributed by atoms with Crippen molar-refractivity contribution in [3.8, 4) is 11.1 Å². The summed E-state index contributed by atoms with van der Waals surface area (Å²) in [5.74, 6) is 0.